The first-order chi connectivity index (χ1) is 9.08. The first kappa shape index (κ1) is 14.8. The molecule has 0 saturated heterocycles. The van der Waals surface area contributed by atoms with E-state index in [9.17, 15) is 9.59 Å². The van der Waals surface area contributed by atoms with Crippen molar-refractivity contribution in [2.75, 3.05) is 13.7 Å². The van der Waals surface area contributed by atoms with Gasteiger partial charge in [-0.2, -0.15) is 0 Å². The number of amides is 1. The fourth-order valence-corrected chi connectivity index (χ4v) is 1.37. The van der Waals surface area contributed by atoms with E-state index in [4.69, 9.17) is 4.74 Å². The van der Waals surface area contributed by atoms with Crippen LogP contribution in [0.4, 0.5) is 0 Å². The van der Waals surface area contributed by atoms with E-state index in [1.165, 1.54) is 7.11 Å². The Bertz CT molecular complexity index is 453. The molecule has 1 rings (SSSR count). The molecule has 1 atom stereocenters. The number of esters is 1. The molecule has 0 radical (unpaired) electrons. The highest BCUT2D eigenvalue weighted by Gasteiger charge is 2.16. The highest BCUT2D eigenvalue weighted by atomic mass is 16.5. The first-order valence-corrected chi connectivity index (χ1v) is 5.81. The minimum Gasteiger partial charge on any atom is -0.490 e. The molecule has 0 aliphatic rings. The average Bonchev–Trinajstić information content (AvgIpc) is 2.44. The summed E-state index contributed by atoms with van der Waals surface area (Å²) in [5.74, 6) is -0.176. The van der Waals surface area contributed by atoms with Gasteiger partial charge in [0, 0.05) is 5.56 Å². The van der Waals surface area contributed by atoms with E-state index in [2.05, 4.69) is 16.6 Å². The van der Waals surface area contributed by atoms with Crippen LogP contribution < -0.4 is 10.1 Å². The molecule has 0 bridgehead atoms. The zero-order valence-corrected chi connectivity index (χ0v) is 11.0. The number of carbonyl (C=O) groups is 2. The van der Waals surface area contributed by atoms with Gasteiger partial charge in [0.15, 0.2) is 0 Å². The molecule has 19 heavy (non-hydrogen) atoms. The Morgan fingerprint density at radius 2 is 2.00 bits per heavy atom. The van der Waals surface area contributed by atoms with E-state index in [1.54, 1.807) is 37.3 Å². The Hall–Kier alpha value is -2.30. The summed E-state index contributed by atoms with van der Waals surface area (Å²) in [7, 11) is 1.27. The monoisotopic (exact) mass is 263 g/mol. The lowest BCUT2D eigenvalue weighted by Gasteiger charge is -2.11. The maximum atomic E-state index is 11.8. The molecule has 102 valence electrons. The number of nitrogens with one attached hydrogen (secondary N) is 1. The fraction of sp³-hybridized carbons (Fsp3) is 0.286. The summed E-state index contributed by atoms with van der Waals surface area (Å²) in [6.45, 7) is 5.51. The van der Waals surface area contributed by atoms with Crippen molar-refractivity contribution in [2.24, 2.45) is 0 Å². The number of rotatable bonds is 6. The summed E-state index contributed by atoms with van der Waals surface area (Å²) in [4.78, 5) is 23.0. The summed E-state index contributed by atoms with van der Waals surface area (Å²) < 4.78 is 9.83. The lowest BCUT2D eigenvalue weighted by atomic mass is 10.2. The second-order valence-corrected chi connectivity index (χ2v) is 3.84. The smallest absolute Gasteiger partial charge is 0.328 e. The van der Waals surface area contributed by atoms with Crippen molar-refractivity contribution in [3.05, 3.63) is 42.5 Å². The largest absolute Gasteiger partial charge is 0.490 e. The zero-order chi connectivity index (χ0) is 14.3. The Kier molecular flexibility index (Phi) is 5.60. The van der Waals surface area contributed by atoms with Gasteiger partial charge in [-0.3, -0.25) is 4.79 Å². The van der Waals surface area contributed by atoms with Crippen molar-refractivity contribution in [2.45, 2.75) is 13.0 Å². The van der Waals surface area contributed by atoms with Gasteiger partial charge in [0.2, 0.25) is 0 Å². The van der Waals surface area contributed by atoms with Crippen LogP contribution in [0, 0.1) is 0 Å². The summed E-state index contributed by atoms with van der Waals surface area (Å²) >= 11 is 0. The van der Waals surface area contributed by atoms with Crippen LogP contribution in [0.2, 0.25) is 0 Å². The standard InChI is InChI=1S/C14H17NO4/c1-4-9-19-12-7-5-11(6-8-12)13(16)15-10(2)14(17)18-3/h4-8,10H,1,9H2,2-3H3,(H,15,16)/t10-/m0/s1. The van der Waals surface area contributed by atoms with Crippen LogP contribution in [-0.4, -0.2) is 31.6 Å². The van der Waals surface area contributed by atoms with E-state index in [-0.39, 0.29) is 5.91 Å². The Balaban J connectivity index is 2.62. The van der Waals surface area contributed by atoms with Crippen LogP contribution in [0.5, 0.6) is 5.75 Å². The number of hydrogen-bond donors (Lipinski definition) is 1. The maximum Gasteiger partial charge on any atom is 0.328 e. The second-order valence-electron chi connectivity index (χ2n) is 3.84. The lowest BCUT2D eigenvalue weighted by Crippen LogP contribution is -2.39. The Morgan fingerprint density at radius 3 is 2.53 bits per heavy atom. The predicted molar refractivity (Wildman–Crippen MR) is 71.1 cm³/mol. The van der Waals surface area contributed by atoms with Crippen molar-refractivity contribution < 1.29 is 19.1 Å². The molecule has 0 aliphatic carbocycles. The molecule has 1 aromatic carbocycles. The number of methoxy groups -OCH3 is 1. The van der Waals surface area contributed by atoms with Crippen LogP contribution in [0.25, 0.3) is 0 Å². The van der Waals surface area contributed by atoms with Gasteiger partial charge in [-0.25, -0.2) is 4.79 Å². The Morgan fingerprint density at radius 1 is 1.37 bits per heavy atom. The molecule has 5 nitrogen and oxygen atoms in total. The highest BCUT2D eigenvalue weighted by Crippen LogP contribution is 2.12. The number of benzene rings is 1. The average molecular weight is 263 g/mol. The molecule has 1 N–H and O–H groups in total. The maximum absolute atomic E-state index is 11.8. The van der Waals surface area contributed by atoms with Crippen LogP contribution in [0.15, 0.2) is 36.9 Å². The number of hydrogen-bond acceptors (Lipinski definition) is 4. The van der Waals surface area contributed by atoms with Gasteiger partial charge in [-0.1, -0.05) is 12.7 Å². The molecule has 0 fully saturated rings. The molecular weight excluding hydrogens is 246 g/mol. The van der Waals surface area contributed by atoms with Gasteiger partial charge >= 0.3 is 5.97 Å². The van der Waals surface area contributed by atoms with Crippen LogP contribution in [0.1, 0.15) is 17.3 Å². The SMILES string of the molecule is C=CCOc1ccc(C(=O)N[C@@H](C)C(=O)OC)cc1. The quantitative estimate of drug-likeness (QED) is 0.624. The molecule has 0 aliphatic heterocycles. The molecule has 0 unspecified atom stereocenters. The minimum absolute atomic E-state index is 0.340. The Labute approximate surface area is 112 Å². The van der Waals surface area contributed by atoms with Gasteiger partial charge < -0.3 is 14.8 Å². The topological polar surface area (TPSA) is 64.6 Å². The van der Waals surface area contributed by atoms with E-state index >= 15 is 0 Å². The molecular formula is C14H17NO4. The molecule has 0 aromatic heterocycles. The van der Waals surface area contributed by atoms with Crippen molar-refractivity contribution in [1.29, 1.82) is 0 Å². The summed E-state index contributed by atoms with van der Waals surface area (Å²) in [5.41, 5.74) is 0.446. The van der Waals surface area contributed by atoms with Gasteiger partial charge in [0.1, 0.15) is 18.4 Å². The van der Waals surface area contributed by atoms with Gasteiger partial charge in [0.05, 0.1) is 7.11 Å². The van der Waals surface area contributed by atoms with E-state index < -0.39 is 12.0 Å². The van der Waals surface area contributed by atoms with E-state index in [0.717, 1.165) is 0 Å². The fourth-order valence-electron chi connectivity index (χ4n) is 1.37. The van der Waals surface area contributed by atoms with Crippen molar-refractivity contribution in [3.63, 3.8) is 0 Å². The third-order valence-electron chi connectivity index (χ3n) is 2.39. The van der Waals surface area contributed by atoms with Gasteiger partial charge in [0.25, 0.3) is 5.91 Å². The molecule has 0 heterocycles. The van der Waals surface area contributed by atoms with Crippen molar-refractivity contribution in [3.8, 4) is 5.75 Å². The predicted octanol–water partition coefficient (Wildman–Crippen LogP) is 1.54. The third kappa shape index (κ3) is 4.46. The van der Waals surface area contributed by atoms with Crippen molar-refractivity contribution in [1.82, 2.24) is 5.32 Å². The highest BCUT2D eigenvalue weighted by molar-refractivity contribution is 5.96. The van der Waals surface area contributed by atoms with Crippen LogP contribution in [0.3, 0.4) is 0 Å². The molecule has 1 aromatic rings. The summed E-state index contributed by atoms with van der Waals surface area (Å²) in [6.07, 6.45) is 1.64. The van der Waals surface area contributed by atoms with Crippen LogP contribution in [-0.2, 0) is 9.53 Å². The normalized spacial score (nSPS) is 11.3. The lowest BCUT2D eigenvalue weighted by molar-refractivity contribution is -0.142. The molecule has 0 saturated carbocycles. The summed E-state index contributed by atoms with van der Waals surface area (Å²) in [5, 5.41) is 2.54. The minimum atomic E-state index is -0.686. The van der Waals surface area contributed by atoms with E-state index in [0.29, 0.717) is 17.9 Å². The van der Waals surface area contributed by atoms with E-state index in [1.807, 2.05) is 0 Å². The van der Waals surface area contributed by atoms with Gasteiger partial charge in [-0.15, -0.1) is 0 Å². The van der Waals surface area contributed by atoms with Gasteiger partial charge in [-0.05, 0) is 31.2 Å². The second kappa shape index (κ2) is 7.20. The number of carbonyl (C=O) groups excluding carboxylic acids is 2. The number of ether oxygens (including phenoxy) is 2. The summed E-state index contributed by atoms with van der Waals surface area (Å²) in [6, 6.07) is 5.92. The third-order valence-corrected chi connectivity index (χ3v) is 2.39. The van der Waals surface area contributed by atoms with Crippen LogP contribution >= 0.6 is 0 Å². The molecule has 5 heteroatoms. The molecule has 1 amide bonds. The molecule has 0 spiro atoms. The first-order valence-electron chi connectivity index (χ1n) is 5.81. The van der Waals surface area contributed by atoms with Crippen molar-refractivity contribution >= 4 is 11.9 Å². The zero-order valence-electron chi connectivity index (χ0n) is 11.0.